The highest BCUT2D eigenvalue weighted by Gasteiger charge is 2.22. The van der Waals surface area contributed by atoms with Gasteiger partial charge in [-0.25, -0.2) is 14.6 Å². The van der Waals surface area contributed by atoms with Gasteiger partial charge in [-0.1, -0.05) is 24.3 Å². The molecule has 0 aliphatic heterocycles. The van der Waals surface area contributed by atoms with Crippen molar-refractivity contribution in [3.8, 4) is 17.2 Å². The number of furan rings is 1. The van der Waals surface area contributed by atoms with Gasteiger partial charge in [0.2, 0.25) is 0 Å². The van der Waals surface area contributed by atoms with E-state index < -0.39 is 0 Å². The Balaban J connectivity index is 1.46. The van der Waals surface area contributed by atoms with Gasteiger partial charge in [-0.15, -0.1) is 0 Å². The molecular weight excluding hydrogens is 378 g/mol. The molecule has 1 unspecified atom stereocenters. The molecule has 1 aromatic carbocycles. The van der Waals surface area contributed by atoms with E-state index in [-0.39, 0.29) is 11.9 Å². The number of hydrogen-bond acceptors (Lipinski definition) is 5. The molecule has 3 aromatic heterocycles. The molecule has 1 N–H and O–H groups in total. The molecule has 150 valence electrons. The first-order chi connectivity index (χ1) is 14.6. The van der Waals surface area contributed by atoms with Crippen molar-refractivity contribution in [3.05, 3.63) is 83.2 Å². The van der Waals surface area contributed by atoms with Gasteiger partial charge in [-0.3, -0.25) is 4.79 Å². The van der Waals surface area contributed by atoms with Crippen molar-refractivity contribution < 1.29 is 9.21 Å². The molecule has 1 aliphatic carbocycles. The van der Waals surface area contributed by atoms with Gasteiger partial charge in [-0.05, 0) is 49.9 Å². The third-order valence-electron chi connectivity index (χ3n) is 5.55. The van der Waals surface area contributed by atoms with E-state index in [4.69, 9.17) is 9.40 Å². The Bertz CT molecular complexity index is 1230. The minimum Gasteiger partial charge on any atom is -0.467 e. The van der Waals surface area contributed by atoms with Gasteiger partial charge >= 0.3 is 0 Å². The number of nitrogens with zero attached hydrogens (tertiary/aromatic N) is 4. The summed E-state index contributed by atoms with van der Waals surface area (Å²) in [7, 11) is 0. The summed E-state index contributed by atoms with van der Waals surface area (Å²) in [6, 6.07) is 11.7. The predicted molar refractivity (Wildman–Crippen MR) is 111 cm³/mol. The monoisotopic (exact) mass is 399 g/mol. The number of benzene rings is 1. The minimum atomic E-state index is -0.244. The summed E-state index contributed by atoms with van der Waals surface area (Å²) in [5.41, 5.74) is 5.66. The zero-order chi connectivity index (χ0) is 20.7. The lowest BCUT2D eigenvalue weighted by Crippen LogP contribution is -2.26. The Labute approximate surface area is 173 Å². The van der Waals surface area contributed by atoms with Crippen LogP contribution < -0.4 is 5.32 Å². The third kappa shape index (κ3) is 3.08. The van der Waals surface area contributed by atoms with E-state index in [2.05, 4.69) is 33.6 Å². The van der Waals surface area contributed by atoms with E-state index in [0.29, 0.717) is 23.0 Å². The van der Waals surface area contributed by atoms with E-state index in [0.717, 1.165) is 29.7 Å². The maximum atomic E-state index is 12.8. The lowest BCUT2D eigenvalue weighted by molar-refractivity contribution is 0.0934. The topological polar surface area (TPSA) is 85.8 Å². The van der Waals surface area contributed by atoms with Crippen LogP contribution in [0.2, 0.25) is 0 Å². The summed E-state index contributed by atoms with van der Waals surface area (Å²) in [4.78, 5) is 22.1. The van der Waals surface area contributed by atoms with Crippen molar-refractivity contribution in [1.29, 1.82) is 0 Å². The molecule has 1 amide bonds. The zero-order valence-electron chi connectivity index (χ0n) is 16.8. The predicted octanol–water partition coefficient (Wildman–Crippen LogP) is 3.82. The molecule has 0 fully saturated rings. The SMILES string of the molecule is Cc1c(C(=O)NC(C)c2ccco2)cnn1-c1ncc2c(n1)-c1ccccc1CC2. The van der Waals surface area contributed by atoms with Crippen LogP contribution in [0.1, 0.15) is 45.9 Å². The zero-order valence-corrected chi connectivity index (χ0v) is 16.8. The van der Waals surface area contributed by atoms with Crippen molar-refractivity contribution in [2.75, 3.05) is 0 Å². The molecule has 7 nitrogen and oxygen atoms in total. The van der Waals surface area contributed by atoms with Gasteiger partial charge in [0, 0.05) is 11.8 Å². The fraction of sp³-hybridized carbons (Fsp3) is 0.217. The quantitative estimate of drug-likeness (QED) is 0.564. The molecule has 0 spiro atoms. The van der Waals surface area contributed by atoms with Crippen molar-refractivity contribution >= 4 is 5.91 Å². The highest BCUT2D eigenvalue weighted by molar-refractivity contribution is 5.95. The second-order valence-corrected chi connectivity index (χ2v) is 7.47. The van der Waals surface area contributed by atoms with E-state index in [9.17, 15) is 4.79 Å². The van der Waals surface area contributed by atoms with Gasteiger partial charge in [0.25, 0.3) is 11.9 Å². The smallest absolute Gasteiger partial charge is 0.255 e. The van der Waals surface area contributed by atoms with Gasteiger partial charge in [0.1, 0.15) is 5.76 Å². The summed E-state index contributed by atoms with van der Waals surface area (Å²) < 4.78 is 6.98. The van der Waals surface area contributed by atoms with Gasteiger partial charge < -0.3 is 9.73 Å². The van der Waals surface area contributed by atoms with Crippen LogP contribution in [-0.2, 0) is 12.8 Å². The second kappa shape index (κ2) is 7.26. The first-order valence-electron chi connectivity index (χ1n) is 9.95. The van der Waals surface area contributed by atoms with Crippen molar-refractivity contribution in [3.63, 3.8) is 0 Å². The standard InChI is InChI=1S/C23H21N5O2/c1-14(20-8-5-11-30-20)26-22(29)19-13-25-28(15(19)2)23-24-12-17-10-9-16-6-3-4-7-18(16)21(17)27-23/h3-8,11-14H,9-10H2,1-2H3,(H,26,29). The molecule has 0 radical (unpaired) electrons. The number of amides is 1. The van der Waals surface area contributed by atoms with E-state index in [1.807, 2.05) is 32.2 Å². The normalized spacial score (nSPS) is 13.4. The molecule has 1 atom stereocenters. The first kappa shape index (κ1) is 18.3. The molecule has 4 aromatic rings. The van der Waals surface area contributed by atoms with Crippen LogP contribution in [0.4, 0.5) is 0 Å². The Kier molecular flexibility index (Phi) is 4.43. The Morgan fingerprint density at radius 3 is 2.80 bits per heavy atom. The van der Waals surface area contributed by atoms with Gasteiger partial charge in [-0.2, -0.15) is 5.10 Å². The molecule has 3 heterocycles. The number of aryl methyl sites for hydroxylation is 2. The van der Waals surface area contributed by atoms with Gasteiger partial charge in [0.15, 0.2) is 0 Å². The fourth-order valence-corrected chi connectivity index (χ4v) is 3.87. The highest BCUT2D eigenvalue weighted by atomic mass is 16.3. The molecule has 0 saturated heterocycles. The summed E-state index contributed by atoms with van der Waals surface area (Å²) in [5, 5.41) is 7.33. The van der Waals surface area contributed by atoms with Crippen LogP contribution in [0.5, 0.6) is 0 Å². The fourth-order valence-electron chi connectivity index (χ4n) is 3.87. The summed E-state index contributed by atoms with van der Waals surface area (Å²) in [5.74, 6) is 0.942. The number of fused-ring (bicyclic) bond motifs is 3. The van der Waals surface area contributed by atoms with Crippen LogP contribution in [0, 0.1) is 6.92 Å². The van der Waals surface area contributed by atoms with Crippen LogP contribution >= 0.6 is 0 Å². The van der Waals surface area contributed by atoms with Crippen molar-refractivity contribution in [1.82, 2.24) is 25.1 Å². The van der Waals surface area contributed by atoms with E-state index in [1.54, 1.807) is 23.2 Å². The largest absolute Gasteiger partial charge is 0.467 e. The third-order valence-corrected chi connectivity index (χ3v) is 5.55. The summed E-state index contributed by atoms with van der Waals surface area (Å²) in [6.07, 6.45) is 6.92. The number of carbonyl (C=O) groups is 1. The summed E-state index contributed by atoms with van der Waals surface area (Å²) in [6.45, 7) is 3.72. The maximum Gasteiger partial charge on any atom is 0.255 e. The minimum absolute atomic E-state index is 0.217. The van der Waals surface area contributed by atoms with Gasteiger partial charge in [0.05, 0.1) is 35.5 Å². The number of rotatable bonds is 4. The molecule has 5 rings (SSSR count). The average Bonchev–Trinajstić information content (AvgIpc) is 3.43. The number of nitrogens with one attached hydrogen (secondary N) is 1. The molecule has 0 saturated carbocycles. The van der Waals surface area contributed by atoms with Crippen LogP contribution in [0.15, 0.2) is 59.5 Å². The maximum absolute atomic E-state index is 12.8. The molecule has 0 bridgehead atoms. The number of carbonyl (C=O) groups excluding carboxylic acids is 1. The highest BCUT2D eigenvalue weighted by Crippen LogP contribution is 2.31. The lowest BCUT2D eigenvalue weighted by Gasteiger charge is -2.19. The Hall–Kier alpha value is -3.74. The molecule has 30 heavy (non-hydrogen) atoms. The molecular formula is C23H21N5O2. The first-order valence-corrected chi connectivity index (χ1v) is 9.95. The number of aromatic nitrogens is 4. The van der Waals surface area contributed by atoms with Crippen molar-refractivity contribution in [2.45, 2.75) is 32.7 Å². The number of hydrogen-bond donors (Lipinski definition) is 1. The van der Waals surface area contributed by atoms with Crippen LogP contribution in [0.25, 0.3) is 17.2 Å². The molecule has 7 heteroatoms. The lowest BCUT2D eigenvalue weighted by atomic mass is 9.90. The van der Waals surface area contributed by atoms with E-state index >= 15 is 0 Å². The van der Waals surface area contributed by atoms with Crippen LogP contribution in [0.3, 0.4) is 0 Å². The Morgan fingerprint density at radius 1 is 1.13 bits per heavy atom. The van der Waals surface area contributed by atoms with Crippen molar-refractivity contribution in [2.24, 2.45) is 0 Å². The summed E-state index contributed by atoms with van der Waals surface area (Å²) >= 11 is 0. The van der Waals surface area contributed by atoms with E-state index in [1.165, 1.54) is 5.56 Å². The second-order valence-electron chi connectivity index (χ2n) is 7.47. The van der Waals surface area contributed by atoms with Crippen LogP contribution in [-0.4, -0.2) is 25.7 Å². The molecule has 1 aliphatic rings. The Morgan fingerprint density at radius 2 is 1.97 bits per heavy atom. The average molecular weight is 399 g/mol.